The number of anilines is 1. The van der Waals surface area contributed by atoms with Crippen molar-refractivity contribution < 1.29 is 19.7 Å². The van der Waals surface area contributed by atoms with E-state index in [2.05, 4.69) is 4.90 Å². The molecule has 1 saturated heterocycles. The topological polar surface area (TPSA) is 73.2 Å². The third kappa shape index (κ3) is 4.53. The number of benzene rings is 2. The van der Waals surface area contributed by atoms with Crippen LogP contribution >= 0.6 is 0 Å². The van der Waals surface area contributed by atoms with Crippen LogP contribution in [0.2, 0.25) is 0 Å². The van der Waals surface area contributed by atoms with Crippen LogP contribution in [0.5, 0.6) is 5.75 Å². The standard InChI is InChI=1S/C26H34N2O4/c1-3-25(30)28-15-6-8-19-16-20(11-12-22(19)28)23(29)17-27-14-7-13-26(31,18-27)21-9-4-5-10-24(21)32-2/h4-5,9-12,16,23,29,31H,3,6-8,13-15,17-18H2,1-2H3/t23-,26-/m1/s1. The predicted octanol–water partition coefficient (Wildman–Crippen LogP) is 3.40. The number of para-hydroxylation sites is 1. The third-order valence-electron chi connectivity index (χ3n) is 6.80. The zero-order valence-corrected chi connectivity index (χ0v) is 19.1. The fourth-order valence-corrected chi connectivity index (χ4v) is 5.15. The molecule has 2 aromatic rings. The highest BCUT2D eigenvalue weighted by Gasteiger charge is 2.37. The zero-order valence-electron chi connectivity index (χ0n) is 19.1. The Labute approximate surface area is 190 Å². The van der Waals surface area contributed by atoms with E-state index in [0.717, 1.165) is 54.7 Å². The molecule has 172 valence electrons. The van der Waals surface area contributed by atoms with Crippen LogP contribution in [-0.2, 0) is 16.8 Å². The minimum absolute atomic E-state index is 0.142. The van der Waals surface area contributed by atoms with Gasteiger partial charge < -0.3 is 19.8 Å². The van der Waals surface area contributed by atoms with Crippen LogP contribution in [0.4, 0.5) is 5.69 Å². The van der Waals surface area contributed by atoms with Crippen molar-refractivity contribution in [3.05, 3.63) is 59.2 Å². The Morgan fingerprint density at radius 3 is 2.78 bits per heavy atom. The van der Waals surface area contributed by atoms with Gasteiger partial charge in [0.1, 0.15) is 11.4 Å². The minimum atomic E-state index is -0.999. The number of amides is 1. The summed E-state index contributed by atoms with van der Waals surface area (Å²) >= 11 is 0. The number of fused-ring (bicyclic) bond motifs is 1. The molecule has 2 atom stereocenters. The first-order valence-electron chi connectivity index (χ1n) is 11.6. The van der Waals surface area contributed by atoms with Gasteiger partial charge in [0, 0.05) is 37.3 Å². The monoisotopic (exact) mass is 438 g/mol. The van der Waals surface area contributed by atoms with Crippen LogP contribution in [0.3, 0.4) is 0 Å². The van der Waals surface area contributed by atoms with Gasteiger partial charge in [-0.05, 0) is 55.5 Å². The maximum Gasteiger partial charge on any atom is 0.226 e. The lowest BCUT2D eigenvalue weighted by molar-refractivity contribution is -0.118. The van der Waals surface area contributed by atoms with Crippen molar-refractivity contribution in [3.8, 4) is 5.75 Å². The number of likely N-dealkylation sites (tertiary alicyclic amines) is 1. The maximum atomic E-state index is 12.3. The number of aliphatic hydroxyl groups excluding tert-OH is 1. The Hall–Kier alpha value is -2.41. The summed E-state index contributed by atoms with van der Waals surface area (Å²) in [5.74, 6) is 0.835. The Kier molecular flexibility index (Phi) is 6.84. The summed E-state index contributed by atoms with van der Waals surface area (Å²) in [7, 11) is 1.62. The van der Waals surface area contributed by atoms with Crippen molar-refractivity contribution in [2.75, 3.05) is 38.2 Å². The summed E-state index contributed by atoms with van der Waals surface area (Å²) in [4.78, 5) is 16.3. The number of β-amino-alcohol motifs (C(OH)–C–C–N with tert-alkyl or cyclic N) is 2. The van der Waals surface area contributed by atoms with E-state index in [4.69, 9.17) is 4.74 Å². The Balaban J connectivity index is 1.48. The van der Waals surface area contributed by atoms with Crippen LogP contribution in [0, 0.1) is 0 Å². The Bertz CT molecular complexity index is 963. The number of methoxy groups -OCH3 is 1. The molecule has 1 amide bonds. The normalized spacial score (nSPS) is 22.3. The number of hydrogen-bond acceptors (Lipinski definition) is 5. The average Bonchev–Trinajstić information content (AvgIpc) is 2.82. The van der Waals surface area contributed by atoms with Crippen molar-refractivity contribution >= 4 is 11.6 Å². The number of piperidine rings is 1. The Morgan fingerprint density at radius 2 is 2.00 bits per heavy atom. The number of carbonyl (C=O) groups is 1. The second kappa shape index (κ2) is 9.61. The van der Waals surface area contributed by atoms with E-state index in [-0.39, 0.29) is 5.91 Å². The number of nitrogens with zero attached hydrogens (tertiary/aromatic N) is 2. The van der Waals surface area contributed by atoms with Crippen molar-refractivity contribution in [2.45, 2.75) is 50.7 Å². The van der Waals surface area contributed by atoms with E-state index in [1.165, 1.54) is 0 Å². The number of rotatable bonds is 6. The molecule has 0 unspecified atom stereocenters. The fourth-order valence-electron chi connectivity index (χ4n) is 5.15. The van der Waals surface area contributed by atoms with E-state index in [0.29, 0.717) is 31.7 Å². The Morgan fingerprint density at radius 1 is 1.19 bits per heavy atom. The fraction of sp³-hybridized carbons (Fsp3) is 0.500. The molecule has 0 aromatic heterocycles. The highest BCUT2D eigenvalue weighted by atomic mass is 16.5. The first-order chi connectivity index (χ1) is 15.4. The summed E-state index contributed by atoms with van der Waals surface area (Å²) in [5.41, 5.74) is 2.76. The second-order valence-corrected chi connectivity index (χ2v) is 8.98. The van der Waals surface area contributed by atoms with E-state index in [1.807, 2.05) is 54.3 Å². The van der Waals surface area contributed by atoms with Gasteiger partial charge in [0.05, 0.1) is 13.2 Å². The SMILES string of the molecule is CCC(=O)N1CCCc2cc([C@H](O)CN3CCC[C@](O)(c4ccccc4OC)C3)ccc21. The lowest BCUT2D eigenvalue weighted by atomic mass is 9.85. The summed E-state index contributed by atoms with van der Waals surface area (Å²) in [5, 5.41) is 22.4. The van der Waals surface area contributed by atoms with Crippen molar-refractivity contribution in [1.82, 2.24) is 4.90 Å². The van der Waals surface area contributed by atoms with Gasteiger partial charge in [0.25, 0.3) is 0 Å². The molecule has 2 aliphatic heterocycles. The van der Waals surface area contributed by atoms with E-state index in [1.54, 1.807) is 7.11 Å². The molecule has 6 heteroatoms. The molecule has 4 rings (SSSR count). The molecular formula is C26H34N2O4. The number of hydrogen-bond donors (Lipinski definition) is 2. The molecule has 0 radical (unpaired) electrons. The number of aliphatic hydroxyl groups is 2. The third-order valence-corrected chi connectivity index (χ3v) is 6.80. The molecule has 2 heterocycles. The molecular weight excluding hydrogens is 404 g/mol. The highest BCUT2D eigenvalue weighted by molar-refractivity contribution is 5.94. The molecule has 6 nitrogen and oxygen atoms in total. The summed E-state index contributed by atoms with van der Waals surface area (Å²) in [6.07, 6.45) is 3.21. The van der Waals surface area contributed by atoms with Gasteiger partial charge in [-0.2, -0.15) is 0 Å². The highest BCUT2D eigenvalue weighted by Crippen LogP contribution is 2.37. The van der Waals surface area contributed by atoms with Gasteiger partial charge in [-0.3, -0.25) is 9.69 Å². The van der Waals surface area contributed by atoms with Crippen molar-refractivity contribution in [3.63, 3.8) is 0 Å². The molecule has 0 bridgehead atoms. The smallest absolute Gasteiger partial charge is 0.226 e. The van der Waals surface area contributed by atoms with Gasteiger partial charge in [-0.15, -0.1) is 0 Å². The van der Waals surface area contributed by atoms with Crippen LogP contribution in [0.15, 0.2) is 42.5 Å². The van der Waals surface area contributed by atoms with Gasteiger partial charge in [-0.25, -0.2) is 0 Å². The lowest BCUT2D eigenvalue weighted by Crippen LogP contribution is -2.47. The van der Waals surface area contributed by atoms with Crippen molar-refractivity contribution in [2.24, 2.45) is 0 Å². The van der Waals surface area contributed by atoms with Crippen LogP contribution in [-0.4, -0.2) is 54.3 Å². The zero-order chi connectivity index (χ0) is 22.7. The van der Waals surface area contributed by atoms with Crippen LogP contribution in [0.1, 0.15) is 55.4 Å². The van der Waals surface area contributed by atoms with Gasteiger partial charge in [0.2, 0.25) is 5.91 Å². The summed E-state index contributed by atoms with van der Waals surface area (Å²) < 4.78 is 5.48. The molecule has 1 fully saturated rings. The average molecular weight is 439 g/mol. The molecule has 0 aliphatic carbocycles. The second-order valence-electron chi connectivity index (χ2n) is 8.98. The quantitative estimate of drug-likeness (QED) is 0.723. The molecule has 0 spiro atoms. The molecule has 2 aliphatic rings. The largest absolute Gasteiger partial charge is 0.496 e. The van der Waals surface area contributed by atoms with E-state index in [9.17, 15) is 15.0 Å². The molecule has 2 N–H and O–H groups in total. The van der Waals surface area contributed by atoms with E-state index >= 15 is 0 Å². The minimum Gasteiger partial charge on any atom is -0.496 e. The summed E-state index contributed by atoms with van der Waals surface area (Å²) in [6.45, 7) is 4.39. The maximum absolute atomic E-state index is 12.3. The molecule has 0 saturated carbocycles. The van der Waals surface area contributed by atoms with Crippen molar-refractivity contribution in [1.29, 1.82) is 0 Å². The number of ether oxygens (including phenoxy) is 1. The van der Waals surface area contributed by atoms with Crippen LogP contribution < -0.4 is 9.64 Å². The van der Waals surface area contributed by atoms with E-state index < -0.39 is 11.7 Å². The number of aryl methyl sites for hydroxylation is 1. The number of carbonyl (C=O) groups excluding carboxylic acids is 1. The van der Waals surface area contributed by atoms with Gasteiger partial charge in [-0.1, -0.05) is 37.3 Å². The van der Waals surface area contributed by atoms with Crippen LogP contribution in [0.25, 0.3) is 0 Å². The van der Waals surface area contributed by atoms with Gasteiger partial charge in [0.15, 0.2) is 0 Å². The first-order valence-corrected chi connectivity index (χ1v) is 11.6. The lowest BCUT2D eigenvalue weighted by Gasteiger charge is -2.40. The summed E-state index contributed by atoms with van der Waals surface area (Å²) in [6, 6.07) is 13.6. The molecule has 2 aromatic carbocycles. The first kappa shape index (κ1) is 22.8. The van der Waals surface area contributed by atoms with Gasteiger partial charge >= 0.3 is 0 Å². The predicted molar refractivity (Wildman–Crippen MR) is 125 cm³/mol. The molecule has 32 heavy (non-hydrogen) atoms.